The van der Waals surface area contributed by atoms with Crippen LogP contribution in [0, 0.1) is 23.2 Å². The minimum Gasteiger partial charge on any atom is -0.328 e. The maximum absolute atomic E-state index is 5.86. The summed E-state index contributed by atoms with van der Waals surface area (Å²) in [5.74, 6) is 3.13. The molecule has 1 nitrogen and oxygen atoms in total. The fourth-order valence-corrected chi connectivity index (χ4v) is 3.53. The van der Waals surface area contributed by atoms with E-state index in [1.165, 1.54) is 12.8 Å². The maximum Gasteiger partial charge on any atom is 0.00418 e. The lowest BCUT2D eigenvalue weighted by atomic mass is 9.50. The van der Waals surface area contributed by atoms with Crippen molar-refractivity contribution in [3.05, 3.63) is 0 Å². The topological polar surface area (TPSA) is 26.0 Å². The van der Waals surface area contributed by atoms with Crippen molar-refractivity contribution in [2.45, 2.75) is 32.2 Å². The molecule has 56 valence electrons. The molecule has 10 heavy (non-hydrogen) atoms. The number of rotatable bonds is 1. The van der Waals surface area contributed by atoms with E-state index in [0.717, 1.165) is 23.2 Å². The molecule has 3 aliphatic rings. The molecule has 5 unspecified atom stereocenters. The van der Waals surface area contributed by atoms with Gasteiger partial charge in [0.05, 0.1) is 0 Å². The highest BCUT2D eigenvalue weighted by Crippen LogP contribution is 2.82. The molecule has 0 aliphatic heterocycles. The van der Waals surface area contributed by atoms with Gasteiger partial charge in [-0.1, -0.05) is 0 Å². The predicted molar refractivity (Wildman–Crippen MR) is 40.4 cm³/mol. The van der Waals surface area contributed by atoms with E-state index in [9.17, 15) is 0 Å². The van der Waals surface area contributed by atoms with Crippen LogP contribution < -0.4 is 5.73 Å². The molecule has 0 aromatic rings. The highest BCUT2D eigenvalue weighted by molar-refractivity contribution is 5.25. The van der Waals surface area contributed by atoms with Gasteiger partial charge in [-0.15, -0.1) is 0 Å². The third-order valence-electron chi connectivity index (χ3n) is 4.36. The molecule has 0 bridgehead atoms. The molecule has 0 saturated heterocycles. The van der Waals surface area contributed by atoms with Crippen molar-refractivity contribution < 1.29 is 0 Å². The normalized spacial score (nSPS) is 64.8. The Hall–Kier alpha value is -0.0400. The second-order valence-corrected chi connectivity index (χ2v) is 4.70. The summed E-state index contributed by atoms with van der Waals surface area (Å²) in [4.78, 5) is 0. The molecule has 0 heterocycles. The molecule has 3 aliphatic carbocycles. The van der Waals surface area contributed by atoms with Gasteiger partial charge in [-0.2, -0.15) is 0 Å². The molecule has 5 atom stereocenters. The molecule has 3 fully saturated rings. The van der Waals surface area contributed by atoms with Crippen molar-refractivity contribution in [2.75, 3.05) is 0 Å². The minimum atomic E-state index is 0.470. The van der Waals surface area contributed by atoms with Gasteiger partial charge in [-0.3, -0.25) is 0 Å². The average molecular weight is 137 g/mol. The zero-order valence-corrected chi connectivity index (χ0v) is 6.51. The maximum atomic E-state index is 5.86. The van der Waals surface area contributed by atoms with Gasteiger partial charge in [0, 0.05) is 6.04 Å². The van der Waals surface area contributed by atoms with Crippen LogP contribution in [0.4, 0.5) is 0 Å². The first kappa shape index (κ1) is 5.59. The van der Waals surface area contributed by atoms with Gasteiger partial charge in [0.1, 0.15) is 0 Å². The molecule has 3 rings (SSSR count). The van der Waals surface area contributed by atoms with Crippen molar-refractivity contribution in [1.29, 1.82) is 0 Å². The van der Waals surface area contributed by atoms with Crippen LogP contribution in [0.1, 0.15) is 26.2 Å². The summed E-state index contributed by atoms with van der Waals surface area (Å²) in [6.07, 6.45) is 4.55. The van der Waals surface area contributed by atoms with Crippen molar-refractivity contribution >= 4 is 0 Å². The van der Waals surface area contributed by atoms with Gasteiger partial charge in [0.15, 0.2) is 0 Å². The van der Waals surface area contributed by atoms with E-state index < -0.39 is 0 Å². The summed E-state index contributed by atoms with van der Waals surface area (Å²) >= 11 is 0. The van der Waals surface area contributed by atoms with Gasteiger partial charge >= 0.3 is 0 Å². The molecule has 0 aromatic carbocycles. The van der Waals surface area contributed by atoms with Crippen LogP contribution >= 0.6 is 0 Å². The molecule has 1 spiro atoms. The minimum absolute atomic E-state index is 0.470. The standard InChI is InChI=1S/C9H15N/c1-5(10)7-4-9-3-6(9)2-8(7)9/h5-8H,2-4,10H2,1H3. The Labute approximate surface area is 62.0 Å². The lowest BCUT2D eigenvalue weighted by Gasteiger charge is -2.55. The largest absolute Gasteiger partial charge is 0.328 e. The first-order valence-corrected chi connectivity index (χ1v) is 4.49. The Bertz CT molecular complexity index is 187. The second-order valence-electron chi connectivity index (χ2n) is 4.70. The monoisotopic (exact) mass is 137 g/mol. The highest BCUT2D eigenvalue weighted by Gasteiger charge is 2.75. The number of nitrogens with two attached hydrogens (primary N) is 1. The predicted octanol–water partition coefficient (Wildman–Crippen LogP) is 1.38. The van der Waals surface area contributed by atoms with Crippen LogP contribution in [0.5, 0.6) is 0 Å². The Morgan fingerprint density at radius 3 is 2.60 bits per heavy atom. The van der Waals surface area contributed by atoms with E-state index in [0.29, 0.717) is 6.04 Å². The third-order valence-corrected chi connectivity index (χ3v) is 4.36. The molecule has 1 heteroatoms. The fourth-order valence-electron chi connectivity index (χ4n) is 3.53. The summed E-state index contributed by atoms with van der Waals surface area (Å²) in [6.45, 7) is 2.17. The van der Waals surface area contributed by atoms with Crippen molar-refractivity contribution in [1.82, 2.24) is 0 Å². The van der Waals surface area contributed by atoms with Crippen LogP contribution in [0.2, 0.25) is 0 Å². The van der Waals surface area contributed by atoms with Crippen LogP contribution in [0.15, 0.2) is 0 Å². The Kier molecular flexibility index (Phi) is 0.722. The zero-order chi connectivity index (χ0) is 6.93. The van der Waals surface area contributed by atoms with E-state index in [1.807, 2.05) is 0 Å². The van der Waals surface area contributed by atoms with E-state index in [1.54, 1.807) is 6.42 Å². The first-order valence-electron chi connectivity index (χ1n) is 4.49. The molecule has 0 aromatic heterocycles. The molecular formula is C9H15N. The van der Waals surface area contributed by atoms with E-state index in [4.69, 9.17) is 5.73 Å². The number of hydrogen-bond acceptors (Lipinski definition) is 1. The van der Waals surface area contributed by atoms with Crippen LogP contribution in [0.25, 0.3) is 0 Å². The summed E-state index contributed by atoms with van der Waals surface area (Å²) in [6, 6.07) is 0.470. The van der Waals surface area contributed by atoms with Gasteiger partial charge < -0.3 is 5.73 Å². The summed E-state index contributed by atoms with van der Waals surface area (Å²) in [5, 5.41) is 0. The molecular weight excluding hydrogens is 122 g/mol. The summed E-state index contributed by atoms with van der Waals surface area (Å²) < 4.78 is 0. The Balaban J connectivity index is 1.76. The summed E-state index contributed by atoms with van der Waals surface area (Å²) in [7, 11) is 0. The average Bonchev–Trinajstić information content (AvgIpc) is 2.51. The number of hydrogen-bond donors (Lipinski definition) is 1. The summed E-state index contributed by atoms with van der Waals surface area (Å²) in [5.41, 5.74) is 6.76. The SMILES string of the molecule is CC(N)C1CC23CC2CC13. The lowest BCUT2D eigenvalue weighted by Crippen LogP contribution is -2.53. The fraction of sp³-hybridized carbons (Fsp3) is 1.00. The second kappa shape index (κ2) is 1.29. The van der Waals surface area contributed by atoms with Gasteiger partial charge in [0.2, 0.25) is 0 Å². The molecule has 0 radical (unpaired) electrons. The van der Waals surface area contributed by atoms with Crippen molar-refractivity contribution in [2.24, 2.45) is 28.9 Å². The smallest absolute Gasteiger partial charge is 0.00418 e. The molecule has 0 amide bonds. The Morgan fingerprint density at radius 2 is 2.30 bits per heavy atom. The van der Waals surface area contributed by atoms with Crippen LogP contribution in [-0.2, 0) is 0 Å². The van der Waals surface area contributed by atoms with Crippen molar-refractivity contribution in [3.8, 4) is 0 Å². The molecule has 2 N–H and O–H groups in total. The lowest BCUT2D eigenvalue weighted by molar-refractivity contribution is -0.0538. The van der Waals surface area contributed by atoms with Crippen molar-refractivity contribution in [3.63, 3.8) is 0 Å². The van der Waals surface area contributed by atoms with E-state index >= 15 is 0 Å². The van der Waals surface area contributed by atoms with Gasteiger partial charge in [-0.05, 0) is 49.4 Å². The molecule has 3 saturated carbocycles. The first-order chi connectivity index (χ1) is 4.74. The van der Waals surface area contributed by atoms with Gasteiger partial charge in [0.25, 0.3) is 0 Å². The Morgan fingerprint density at radius 1 is 1.50 bits per heavy atom. The third kappa shape index (κ3) is 0.378. The van der Waals surface area contributed by atoms with Crippen LogP contribution in [0.3, 0.4) is 0 Å². The quantitative estimate of drug-likeness (QED) is 0.580. The van der Waals surface area contributed by atoms with Gasteiger partial charge in [-0.25, -0.2) is 0 Å². The highest BCUT2D eigenvalue weighted by atomic mass is 14.8. The van der Waals surface area contributed by atoms with E-state index in [-0.39, 0.29) is 0 Å². The zero-order valence-electron chi connectivity index (χ0n) is 6.51. The van der Waals surface area contributed by atoms with Crippen LogP contribution in [-0.4, -0.2) is 6.04 Å². The van der Waals surface area contributed by atoms with E-state index in [2.05, 4.69) is 6.92 Å².